The molecule has 0 saturated carbocycles. The molecule has 1 heterocycles. The van der Waals surface area contributed by atoms with Crippen molar-refractivity contribution in [2.24, 2.45) is 0 Å². The summed E-state index contributed by atoms with van der Waals surface area (Å²) in [5.74, 6) is -1.31. The first kappa shape index (κ1) is 16.0. The van der Waals surface area contributed by atoms with Gasteiger partial charge in [-0.2, -0.15) is 0 Å². The van der Waals surface area contributed by atoms with Crippen LogP contribution in [-0.4, -0.2) is 38.8 Å². The third kappa shape index (κ3) is 3.62. The van der Waals surface area contributed by atoms with Crippen LogP contribution in [0.3, 0.4) is 0 Å². The van der Waals surface area contributed by atoms with Crippen molar-refractivity contribution in [1.82, 2.24) is 10.0 Å². The molecule has 118 valence electrons. The highest BCUT2D eigenvalue weighted by molar-refractivity contribution is 7.88. The lowest BCUT2D eigenvalue weighted by atomic mass is 10.1. The molecule has 1 amide bonds. The summed E-state index contributed by atoms with van der Waals surface area (Å²) in [6.07, 6.45) is 0.985. The number of rotatable bonds is 5. The summed E-state index contributed by atoms with van der Waals surface area (Å²) in [6.45, 7) is -0.0815. The molecule has 2 rings (SSSR count). The number of amides is 1. The number of aromatic hydroxyl groups is 1. The topological polar surface area (TPSA) is 126 Å². The third-order valence-corrected chi connectivity index (χ3v) is 3.52. The van der Waals surface area contributed by atoms with Crippen molar-refractivity contribution in [2.75, 3.05) is 19.3 Å². The third-order valence-electron chi connectivity index (χ3n) is 2.79. The largest absolute Gasteiger partial charge is 0.506 e. The molecule has 8 nitrogen and oxygen atoms in total. The average Bonchev–Trinajstić information content (AvgIpc) is 2.42. The molecule has 0 radical (unpaired) electrons. The Kier molecular flexibility index (Phi) is 4.48. The van der Waals surface area contributed by atoms with Crippen LogP contribution in [0.1, 0.15) is 10.4 Å². The van der Waals surface area contributed by atoms with Gasteiger partial charge in [-0.05, 0) is 12.1 Å². The highest BCUT2D eigenvalue weighted by Crippen LogP contribution is 2.25. The van der Waals surface area contributed by atoms with Crippen LogP contribution in [0.4, 0.5) is 0 Å². The molecule has 0 spiro atoms. The summed E-state index contributed by atoms with van der Waals surface area (Å²) in [5.41, 5.74) is -1.32. The normalized spacial score (nSPS) is 11.5. The van der Waals surface area contributed by atoms with E-state index in [1.165, 1.54) is 12.1 Å². The summed E-state index contributed by atoms with van der Waals surface area (Å²) in [4.78, 5) is 23.7. The van der Waals surface area contributed by atoms with Crippen LogP contribution in [-0.2, 0) is 10.0 Å². The predicted molar refractivity (Wildman–Crippen MR) is 79.3 cm³/mol. The van der Waals surface area contributed by atoms with Gasteiger partial charge in [-0.15, -0.1) is 0 Å². The van der Waals surface area contributed by atoms with E-state index >= 15 is 0 Å². The van der Waals surface area contributed by atoms with Crippen LogP contribution >= 0.6 is 0 Å². The van der Waals surface area contributed by atoms with Gasteiger partial charge in [-0.25, -0.2) is 17.9 Å². The molecule has 0 atom stereocenters. The zero-order valence-corrected chi connectivity index (χ0v) is 12.4. The van der Waals surface area contributed by atoms with Crippen molar-refractivity contribution in [3.63, 3.8) is 0 Å². The van der Waals surface area contributed by atoms with Crippen LogP contribution < -0.4 is 15.7 Å². The van der Waals surface area contributed by atoms with Crippen LogP contribution in [0.25, 0.3) is 11.0 Å². The first-order valence-electron chi connectivity index (χ1n) is 6.27. The molecule has 3 N–H and O–H groups in total. The minimum Gasteiger partial charge on any atom is -0.506 e. The molecule has 1 aromatic heterocycles. The van der Waals surface area contributed by atoms with Crippen molar-refractivity contribution in [3.8, 4) is 5.75 Å². The van der Waals surface area contributed by atoms with Crippen LogP contribution in [0.15, 0.2) is 33.5 Å². The standard InChI is InChI=1S/C13H14N2O6S/c1-22(19,20)15-7-6-14-12(17)10-11(16)8-4-2-3-5-9(8)21-13(10)18/h2-5,15-16H,6-7H2,1H3,(H,14,17). The lowest BCUT2D eigenvalue weighted by molar-refractivity contribution is 0.0948. The quantitative estimate of drug-likeness (QED) is 0.515. The Balaban J connectivity index is 2.20. The zero-order valence-electron chi connectivity index (χ0n) is 11.6. The number of nitrogens with one attached hydrogen (secondary N) is 2. The minimum atomic E-state index is -3.36. The Hall–Kier alpha value is -2.39. The van der Waals surface area contributed by atoms with Crippen molar-refractivity contribution < 1.29 is 22.7 Å². The van der Waals surface area contributed by atoms with Crippen LogP contribution in [0.5, 0.6) is 5.75 Å². The average molecular weight is 326 g/mol. The van der Waals surface area contributed by atoms with E-state index in [1.54, 1.807) is 12.1 Å². The van der Waals surface area contributed by atoms with Gasteiger partial charge in [0.15, 0.2) is 5.56 Å². The number of hydrogen-bond acceptors (Lipinski definition) is 6. The zero-order chi connectivity index (χ0) is 16.3. The Bertz CT molecular complexity index is 872. The van der Waals surface area contributed by atoms with E-state index in [1.807, 2.05) is 0 Å². The SMILES string of the molecule is CS(=O)(=O)NCCNC(=O)c1c(O)c2ccccc2oc1=O. The number of hydrogen-bond donors (Lipinski definition) is 3. The predicted octanol–water partition coefficient (Wildman–Crippen LogP) is -0.222. The smallest absolute Gasteiger partial charge is 0.353 e. The van der Waals surface area contributed by atoms with Gasteiger partial charge in [0, 0.05) is 13.1 Å². The summed E-state index contributed by atoms with van der Waals surface area (Å²) in [5, 5.41) is 12.6. The molecule has 22 heavy (non-hydrogen) atoms. The number of fused-ring (bicyclic) bond motifs is 1. The molecule has 0 aliphatic carbocycles. The molecule has 0 fully saturated rings. The van der Waals surface area contributed by atoms with Crippen LogP contribution in [0.2, 0.25) is 0 Å². The molecule has 2 aromatic rings. The lowest BCUT2D eigenvalue weighted by Gasteiger charge is -2.07. The molecular weight excluding hydrogens is 312 g/mol. The maximum atomic E-state index is 11.9. The van der Waals surface area contributed by atoms with Crippen molar-refractivity contribution in [2.45, 2.75) is 0 Å². The van der Waals surface area contributed by atoms with Gasteiger partial charge >= 0.3 is 5.63 Å². The summed E-state index contributed by atoms with van der Waals surface area (Å²) >= 11 is 0. The minimum absolute atomic E-state index is 0.0375. The van der Waals surface area contributed by atoms with Gasteiger partial charge in [-0.3, -0.25) is 4.79 Å². The van der Waals surface area contributed by atoms with E-state index in [2.05, 4.69) is 10.0 Å². The van der Waals surface area contributed by atoms with E-state index in [-0.39, 0.29) is 24.1 Å². The Morgan fingerprint density at radius 2 is 1.95 bits per heavy atom. The number of sulfonamides is 1. The van der Waals surface area contributed by atoms with Gasteiger partial charge in [0.2, 0.25) is 10.0 Å². The second kappa shape index (κ2) is 6.16. The van der Waals surface area contributed by atoms with E-state index in [9.17, 15) is 23.1 Å². The van der Waals surface area contributed by atoms with Gasteiger partial charge in [0.25, 0.3) is 5.91 Å². The molecule has 0 saturated heterocycles. The first-order valence-corrected chi connectivity index (χ1v) is 8.16. The first-order chi connectivity index (χ1) is 10.3. The number of para-hydroxylation sites is 1. The van der Waals surface area contributed by atoms with E-state index in [0.29, 0.717) is 0 Å². The van der Waals surface area contributed by atoms with Crippen molar-refractivity contribution in [1.29, 1.82) is 0 Å². The molecular formula is C13H14N2O6S. The highest BCUT2D eigenvalue weighted by Gasteiger charge is 2.20. The summed E-state index contributed by atoms with van der Waals surface area (Å²) in [6, 6.07) is 6.25. The number of benzene rings is 1. The second-order valence-electron chi connectivity index (χ2n) is 4.53. The monoisotopic (exact) mass is 326 g/mol. The molecule has 1 aromatic carbocycles. The fraction of sp³-hybridized carbons (Fsp3) is 0.231. The summed E-state index contributed by atoms with van der Waals surface area (Å²) in [7, 11) is -3.36. The van der Waals surface area contributed by atoms with E-state index < -0.39 is 32.9 Å². The van der Waals surface area contributed by atoms with Gasteiger partial charge in [-0.1, -0.05) is 12.1 Å². The Labute approximate surface area is 125 Å². The van der Waals surface area contributed by atoms with Crippen LogP contribution in [0, 0.1) is 0 Å². The van der Waals surface area contributed by atoms with Crippen molar-refractivity contribution >= 4 is 26.9 Å². The van der Waals surface area contributed by atoms with Gasteiger partial charge < -0.3 is 14.8 Å². The maximum absolute atomic E-state index is 11.9. The van der Waals surface area contributed by atoms with Gasteiger partial charge in [0.05, 0.1) is 11.6 Å². The van der Waals surface area contributed by atoms with Crippen molar-refractivity contribution in [3.05, 3.63) is 40.2 Å². The fourth-order valence-corrected chi connectivity index (χ4v) is 2.31. The van der Waals surface area contributed by atoms with E-state index in [4.69, 9.17) is 4.42 Å². The van der Waals surface area contributed by atoms with E-state index in [0.717, 1.165) is 6.26 Å². The highest BCUT2D eigenvalue weighted by atomic mass is 32.2. The van der Waals surface area contributed by atoms with Gasteiger partial charge in [0.1, 0.15) is 11.3 Å². The molecule has 0 aliphatic rings. The number of carbonyl (C=O) groups excluding carboxylic acids is 1. The lowest BCUT2D eigenvalue weighted by Crippen LogP contribution is -2.35. The Morgan fingerprint density at radius 3 is 2.64 bits per heavy atom. The maximum Gasteiger partial charge on any atom is 0.353 e. The second-order valence-corrected chi connectivity index (χ2v) is 6.36. The Morgan fingerprint density at radius 1 is 1.27 bits per heavy atom. The summed E-state index contributed by atoms with van der Waals surface area (Å²) < 4.78 is 28.9. The molecule has 0 aliphatic heterocycles. The molecule has 9 heteroatoms. The fourth-order valence-electron chi connectivity index (χ4n) is 1.83. The number of carbonyl (C=O) groups is 1. The molecule has 0 bridgehead atoms. The molecule has 0 unspecified atom stereocenters.